The molecule has 0 unspecified atom stereocenters. The highest BCUT2D eigenvalue weighted by Gasteiger charge is 2.11. The van der Waals surface area contributed by atoms with Gasteiger partial charge in [0.1, 0.15) is 0 Å². The molecule has 0 radical (unpaired) electrons. The van der Waals surface area contributed by atoms with Gasteiger partial charge in [-0.25, -0.2) is 0 Å². The molecule has 0 aliphatic carbocycles. The van der Waals surface area contributed by atoms with E-state index in [2.05, 4.69) is 28.7 Å². The molecule has 0 aromatic carbocycles. The SMILES string of the molecule is COc1c(N)nsc1NCc1ccc(C)s1. The molecule has 2 aromatic heterocycles. The van der Waals surface area contributed by atoms with Crippen molar-refractivity contribution in [3.8, 4) is 5.75 Å². The Morgan fingerprint density at radius 1 is 1.50 bits per heavy atom. The lowest BCUT2D eigenvalue weighted by atomic mass is 10.4. The number of rotatable bonds is 4. The van der Waals surface area contributed by atoms with Crippen molar-refractivity contribution in [2.45, 2.75) is 13.5 Å². The molecular formula is C10H13N3OS2. The number of ether oxygens (including phenoxy) is 1. The summed E-state index contributed by atoms with van der Waals surface area (Å²) in [5, 5.41) is 4.16. The predicted octanol–water partition coefficient (Wildman–Crippen LogP) is 2.72. The average molecular weight is 255 g/mol. The van der Waals surface area contributed by atoms with Gasteiger partial charge in [-0.05, 0) is 30.6 Å². The molecule has 0 spiro atoms. The molecule has 0 fully saturated rings. The fourth-order valence-electron chi connectivity index (χ4n) is 1.35. The van der Waals surface area contributed by atoms with Gasteiger partial charge >= 0.3 is 0 Å². The van der Waals surface area contributed by atoms with Crippen LogP contribution in [0.1, 0.15) is 9.75 Å². The Morgan fingerprint density at radius 3 is 2.94 bits per heavy atom. The highest BCUT2D eigenvalue weighted by molar-refractivity contribution is 7.12. The van der Waals surface area contributed by atoms with E-state index in [1.54, 1.807) is 18.4 Å². The van der Waals surface area contributed by atoms with E-state index in [9.17, 15) is 0 Å². The molecule has 86 valence electrons. The van der Waals surface area contributed by atoms with Gasteiger partial charge in [0.15, 0.2) is 16.6 Å². The van der Waals surface area contributed by atoms with Crippen LogP contribution in [0.25, 0.3) is 0 Å². The number of anilines is 2. The second-order valence-corrected chi connectivity index (χ2v) is 5.44. The first-order valence-electron chi connectivity index (χ1n) is 4.79. The van der Waals surface area contributed by atoms with Crippen molar-refractivity contribution >= 4 is 33.7 Å². The quantitative estimate of drug-likeness (QED) is 0.882. The van der Waals surface area contributed by atoms with E-state index >= 15 is 0 Å². The molecule has 0 aliphatic rings. The van der Waals surface area contributed by atoms with Gasteiger partial charge in [-0.2, -0.15) is 4.37 Å². The highest BCUT2D eigenvalue weighted by Crippen LogP contribution is 2.35. The van der Waals surface area contributed by atoms with Crippen LogP contribution in [0.4, 0.5) is 10.8 Å². The molecule has 4 nitrogen and oxygen atoms in total. The normalized spacial score (nSPS) is 10.4. The zero-order chi connectivity index (χ0) is 11.5. The van der Waals surface area contributed by atoms with Crippen LogP contribution in [0.15, 0.2) is 12.1 Å². The molecular weight excluding hydrogens is 242 g/mol. The summed E-state index contributed by atoms with van der Waals surface area (Å²) < 4.78 is 9.21. The third kappa shape index (κ3) is 2.28. The standard InChI is InChI=1S/C10H13N3OS2/c1-6-3-4-7(15-6)5-12-10-8(14-2)9(11)13-16-10/h3-4,12H,5H2,1-2H3,(H2,11,13). The van der Waals surface area contributed by atoms with Gasteiger partial charge in [0.05, 0.1) is 13.7 Å². The van der Waals surface area contributed by atoms with Crippen molar-refractivity contribution in [1.29, 1.82) is 0 Å². The number of thiophene rings is 1. The fraction of sp³-hybridized carbons (Fsp3) is 0.300. The van der Waals surface area contributed by atoms with E-state index in [0.717, 1.165) is 11.5 Å². The second-order valence-electron chi connectivity index (χ2n) is 3.30. The Hall–Kier alpha value is -1.27. The molecule has 0 saturated heterocycles. The van der Waals surface area contributed by atoms with E-state index in [-0.39, 0.29) is 0 Å². The van der Waals surface area contributed by atoms with Crippen molar-refractivity contribution in [1.82, 2.24) is 4.37 Å². The van der Waals surface area contributed by atoms with Crippen LogP contribution in [-0.4, -0.2) is 11.5 Å². The third-order valence-electron chi connectivity index (χ3n) is 2.10. The molecule has 6 heteroatoms. The molecule has 2 rings (SSSR count). The summed E-state index contributed by atoms with van der Waals surface area (Å²) in [5.41, 5.74) is 5.66. The van der Waals surface area contributed by atoms with Crippen LogP contribution in [0.5, 0.6) is 5.75 Å². The van der Waals surface area contributed by atoms with Crippen LogP contribution < -0.4 is 15.8 Å². The smallest absolute Gasteiger partial charge is 0.197 e. The van der Waals surface area contributed by atoms with E-state index in [1.807, 2.05) is 0 Å². The van der Waals surface area contributed by atoms with Crippen molar-refractivity contribution in [2.24, 2.45) is 0 Å². The van der Waals surface area contributed by atoms with E-state index in [0.29, 0.717) is 11.6 Å². The Morgan fingerprint density at radius 2 is 2.31 bits per heavy atom. The van der Waals surface area contributed by atoms with Crippen LogP contribution >= 0.6 is 22.9 Å². The number of nitrogens with two attached hydrogens (primary N) is 1. The lowest BCUT2D eigenvalue weighted by molar-refractivity contribution is 0.419. The van der Waals surface area contributed by atoms with Gasteiger partial charge < -0.3 is 15.8 Å². The highest BCUT2D eigenvalue weighted by atomic mass is 32.1. The maximum atomic E-state index is 5.66. The number of hydrogen-bond donors (Lipinski definition) is 2. The van der Waals surface area contributed by atoms with Gasteiger partial charge in [-0.1, -0.05) is 0 Å². The Balaban J connectivity index is 2.04. The van der Waals surface area contributed by atoms with Gasteiger partial charge in [0.25, 0.3) is 0 Å². The predicted molar refractivity (Wildman–Crippen MR) is 69.5 cm³/mol. The number of methoxy groups -OCH3 is 1. The molecule has 16 heavy (non-hydrogen) atoms. The number of nitrogen functional groups attached to an aromatic ring is 1. The van der Waals surface area contributed by atoms with Crippen molar-refractivity contribution in [2.75, 3.05) is 18.2 Å². The summed E-state index contributed by atoms with van der Waals surface area (Å²) in [5.74, 6) is 1.08. The van der Waals surface area contributed by atoms with Crippen LogP contribution in [0.2, 0.25) is 0 Å². The van der Waals surface area contributed by atoms with Crippen LogP contribution in [-0.2, 0) is 6.54 Å². The first-order valence-corrected chi connectivity index (χ1v) is 6.38. The zero-order valence-electron chi connectivity index (χ0n) is 9.11. The summed E-state index contributed by atoms with van der Waals surface area (Å²) in [6, 6.07) is 4.23. The van der Waals surface area contributed by atoms with E-state index < -0.39 is 0 Å². The number of nitrogens with one attached hydrogen (secondary N) is 1. The molecule has 2 aromatic rings. The lowest BCUT2D eigenvalue weighted by Gasteiger charge is -2.04. The second kappa shape index (κ2) is 4.71. The molecule has 0 aliphatic heterocycles. The molecule has 0 amide bonds. The lowest BCUT2D eigenvalue weighted by Crippen LogP contribution is -1.98. The zero-order valence-corrected chi connectivity index (χ0v) is 10.7. The van der Waals surface area contributed by atoms with Crippen molar-refractivity contribution in [3.63, 3.8) is 0 Å². The van der Waals surface area contributed by atoms with E-state index in [4.69, 9.17) is 10.5 Å². The Labute approximate surface area is 102 Å². The molecule has 0 bridgehead atoms. The molecule has 2 heterocycles. The third-order valence-corrected chi connectivity index (χ3v) is 3.90. The summed E-state index contributed by atoms with van der Waals surface area (Å²) in [6.07, 6.45) is 0. The monoisotopic (exact) mass is 255 g/mol. The summed E-state index contributed by atoms with van der Waals surface area (Å²) in [7, 11) is 1.60. The Bertz CT molecular complexity index is 478. The minimum Gasteiger partial charge on any atom is -0.490 e. The first-order chi connectivity index (χ1) is 7.70. The summed E-state index contributed by atoms with van der Waals surface area (Å²) in [4.78, 5) is 2.60. The minimum atomic E-state index is 0.442. The number of hydrogen-bond acceptors (Lipinski definition) is 6. The van der Waals surface area contributed by atoms with Crippen molar-refractivity contribution < 1.29 is 4.74 Å². The van der Waals surface area contributed by atoms with Gasteiger partial charge in [0.2, 0.25) is 0 Å². The van der Waals surface area contributed by atoms with Crippen molar-refractivity contribution in [3.05, 3.63) is 21.9 Å². The van der Waals surface area contributed by atoms with Gasteiger partial charge in [-0.15, -0.1) is 11.3 Å². The fourth-order valence-corrected chi connectivity index (χ4v) is 2.86. The molecule has 0 atom stereocenters. The van der Waals surface area contributed by atoms with Gasteiger partial charge in [0, 0.05) is 9.75 Å². The molecule has 0 saturated carbocycles. The van der Waals surface area contributed by atoms with E-state index in [1.165, 1.54) is 21.3 Å². The van der Waals surface area contributed by atoms with Crippen LogP contribution in [0.3, 0.4) is 0 Å². The van der Waals surface area contributed by atoms with Gasteiger partial charge in [-0.3, -0.25) is 0 Å². The largest absolute Gasteiger partial charge is 0.490 e. The summed E-state index contributed by atoms with van der Waals surface area (Å²) >= 11 is 3.10. The molecule has 3 N–H and O–H groups in total. The Kier molecular flexibility index (Phi) is 3.31. The van der Waals surface area contributed by atoms with Crippen LogP contribution in [0, 0.1) is 6.92 Å². The number of aromatic nitrogens is 1. The topological polar surface area (TPSA) is 60.2 Å². The summed E-state index contributed by atoms with van der Waals surface area (Å²) in [6.45, 7) is 2.87. The maximum Gasteiger partial charge on any atom is 0.197 e. The minimum absolute atomic E-state index is 0.442. The average Bonchev–Trinajstić information content (AvgIpc) is 2.82. The number of aryl methyl sites for hydroxylation is 1. The maximum absolute atomic E-state index is 5.66. The first kappa shape index (κ1) is 11.2. The number of nitrogens with zero attached hydrogens (tertiary/aromatic N) is 1.